The van der Waals surface area contributed by atoms with Crippen molar-refractivity contribution in [2.45, 2.75) is 77.4 Å². The number of hydrogen-bond acceptors (Lipinski definition) is 3. The van der Waals surface area contributed by atoms with Gasteiger partial charge in [-0.3, -0.25) is 0 Å². The quantitative estimate of drug-likeness (QED) is 0.378. The predicted molar refractivity (Wildman–Crippen MR) is 121 cm³/mol. The van der Waals surface area contributed by atoms with Gasteiger partial charge in [-0.1, -0.05) is 68.2 Å². The van der Waals surface area contributed by atoms with Crippen LogP contribution >= 0.6 is 0 Å². The fraction of sp³-hybridized carbons (Fsp3) is 0.625. The summed E-state index contributed by atoms with van der Waals surface area (Å²) in [6.45, 7) is 13.9. The maximum atomic E-state index is 12.3. The van der Waals surface area contributed by atoms with E-state index in [4.69, 9.17) is 9.47 Å². The van der Waals surface area contributed by atoms with E-state index in [-0.39, 0.29) is 17.7 Å². The van der Waals surface area contributed by atoms with E-state index in [2.05, 4.69) is 51.7 Å². The summed E-state index contributed by atoms with van der Waals surface area (Å²) in [6.07, 6.45) is 6.36. The molecule has 2 aliphatic rings. The van der Waals surface area contributed by atoms with E-state index >= 15 is 0 Å². The standard InChI is InChI=1S/C24H37NO3Si/c1-19(13-15-27-18-20-10-7-6-8-11-20)16-21(29(3,4)5)17-24(2)22-12-9-14-25(22)23(26)28-24/h6-8,10-11,16,19,22H,9,12-15,17-18H2,1-5H3/b21-16-/t19-,22+,24+/m1/s1. The largest absolute Gasteiger partial charge is 0.441 e. The van der Waals surface area contributed by atoms with Crippen molar-refractivity contribution in [1.29, 1.82) is 0 Å². The number of rotatable bonds is 9. The molecule has 0 radical (unpaired) electrons. The molecule has 160 valence electrons. The molecule has 0 aromatic heterocycles. The molecular formula is C24H37NO3Si. The van der Waals surface area contributed by atoms with Crippen molar-refractivity contribution in [1.82, 2.24) is 4.90 Å². The Hall–Kier alpha value is -1.59. The van der Waals surface area contributed by atoms with Gasteiger partial charge in [0.2, 0.25) is 0 Å². The van der Waals surface area contributed by atoms with Gasteiger partial charge in [0, 0.05) is 19.6 Å². The Labute approximate surface area is 177 Å². The lowest BCUT2D eigenvalue weighted by Crippen LogP contribution is -2.42. The van der Waals surface area contributed by atoms with E-state index in [1.165, 1.54) is 10.8 Å². The topological polar surface area (TPSA) is 38.8 Å². The second-order valence-corrected chi connectivity index (χ2v) is 15.1. The Morgan fingerprint density at radius 2 is 2.07 bits per heavy atom. The average molecular weight is 416 g/mol. The first-order valence-corrected chi connectivity index (χ1v) is 14.5. The summed E-state index contributed by atoms with van der Waals surface area (Å²) in [6, 6.07) is 10.6. The van der Waals surface area contributed by atoms with E-state index in [1.54, 1.807) is 0 Å². The van der Waals surface area contributed by atoms with E-state index in [0.29, 0.717) is 12.5 Å². The number of allylic oxidation sites excluding steroid dienone is 1. The SMILES string of the molecule is C[C@@H](/C=C(/C[C@]1(C)OC(=O)N2CCC[C@H]21)[Si](C)(C)C)CCOCc1ccccc1. The molecular weight excluding hydrogens is 378 g/mol. The van der Waals surface area contributed by atoms with Crippen molar-refractivity contribution < 1.29 is 14.3 Å². The molecule has 0 N–H and O–H groups in total. The predicted octanol–water partition coefficient (Wildman–Crippen LogP) is 5.80. The lowest BCUT2D eigenvalue weighted by atomic mass is 9.90. The zero-order valence-corrected chi connectivity index (χ0v) is 19.7. The molecule has 0 bridgehead atoms. The van der Waals surface area contributed by atoms with Crippen LogP contribution in [0.1, 0.15) is 45.1 Å². The summed E-state index contributed by atoms with van der Waals surface area (Å²) < 4.78 is 11.8. The number of cyclic esters (lactones) is 1. The van der Waals surface area contributed by atoms with Gasteiger partial charge in [-0.15, -0.1) is 0 Å². The minimum Gasteiger partial charge on any atom is -0.441 e. The van der Waals surface area contributed by atoms with Crippen LogP contribution in [0.25, 0.3) is 0 Å². The van der Waals surface area contributed by atoms with Crippen LogP contribution in [0.2, 0.25) is 19.6 Å². The molecule has 0 aliphatic carbocycles. The first kappa shape index (κ1) is 22.1. The number of carbonyl (C=O) groups excluding carboxylic acids is 1. The molecule has 3 atom stereocenters. The Balaban J connectivity index is 1.59. The van der Waals surface area contributed by atoms with E-state index in [9.17, 15) is 4.79 Å². The molecule has 0 unspecified atom stereocenters. The Kier molecular flexibility index (Phi) is 6.89. The molecule has 4 nitrogen and oxygen atoms in total. The number of benzene rings is 1. The van der Waals surface area contributed by atoms with Crippen LogP contribution in [-0.2, 0) is 16.1 Å². The molecule has 2 aliphatic heterocycles. The van der Waals surface area contributed by atoms with Gasteiger partial charge in [-0.25, -0.2) is 4.79 Å². The minimum absolute atomic E-state index is 0.118. The molecule has 1 aromatic rings. The third-order valence-electron chi connectivity index (χ3n) is 6.33. The Bertz CT molecular complexity index is 727. The van der Waals surface area contributed by atoms with Crippen molar-refractivity contribution >= 4 is 14.2 Å². The third kappa shape index (κ3) is 5.52. The smallest absolute Gasteiger partial charge is 0.410 e. The van der Waals surface area contributed by atoms with Crippen LogP contribution in [0.3, 0.4) is 0 Å². The van der Waals surface area contributed by atoms with Crippen molar-refractivity contribution in [3.05, 3.63) is 47.2 Å². The van der Waals surface area contributed by atoms with Gasteiger partial charge in [0.05, 0.1) is 20.7 Å². The van der Waals surface area contributed by atoms with Gasteiger partial charge in [0.1, 0.15) is 5.60 Å². The maximum Gasteiger partial charge on any atom is 0.410 e. The molecule has 3 rings (SSSR count). The van der Waals surface area contributed by atoms with Gasteiger partial charge >= 0.3 is 6.09 Å². The summed E-state index contributed by atoms with van der Waals surface area (Å²) in [4.78, 5) is 14.2. The average Bonchev–Trinajstić information content (AvgIpc) is 3.23. The summed E-state index contributed by atoms with van der Waals surface area (Å²) in [5.41, 5.74) is 0.832. The van der Waals surface area contributed by atoms with Crippen molar-refractivity contribution in [2.75, 3.05) is 13.2 Å². The number of carbonyl (C=O) groups is 1. The van der Waals surface area contributed by atoms with Gasteiger partial charge in [0.15, 0.2) is 0 Å². The molecule has 2 heterocycles. The van der Waals surface area contributed by atoms with Crippen LogP contribution in [-0.4, -0.2) is 43.9 Å². The summed E-state index contributed by atoms with van der Waals surface area (Å²) in [5, 5.41) is 1.51. The molecule has 5 heteroatoms. The second-order valence-electron chi connectivity index (χ2n) is 9.95. The zero-order valence-electron chi connectivity index (χ0n) is 18.7. The molecule has 1 aromatic carbocycles. The molecule has 2 fully saturated rings. The number of nitrogens with zero attached hydrogens (tertiary/aromatic N) is 1. The number of fused-ring (bicyclic) bond motifs is 1. The number of amides is 1. The highest BCUT2D eigenvalue weighted by Crippen LogP contribution is 2.42. The fourth-order valence-electron chi connectivity index (χ4n) is 4.51. The Morgan fingerprint density at radius 3 is 2.76 bits per heavy atom. The van der Waals surface area contributed by atoms with Gasteiger partial charge in [0.25, 0.3) is 0 Å². The zero-order chi connectivity index (χ0) is 21.1. The molecule has 2 saturated heterocycles. The van der Waals surface area contributed by atoms with Crippen LogP contribution in [0, 0.1) is 5.92 Å². The highest BCUT2D eigenvalue weighted by molar-refractivity contribution is 6.83. The summed E-state index contributed by atoms with van der Waals surface area (Å²) in [7, 11) is -1.52. The van der Waals surface area contributed by atoms with Crippen molar-refractivity contribution in [3.8, 4) is 0 Å². The third-order valence-corrected chi connectivity index (χ3v) is 8.60. The second kappa shape index (κ2) is 9.05. The van der Waals surface area contributed by atoms with E-state index in [0.717, 1.165) is 38.8 Å². The maximum absolute atomic E-state index is 12.3. The first-order valence-electron chi connectivity index (χ1n) is 11.0. The lowest BCUT2D eigenvalue weighted by molar-refractivity contribution is 0.0524. The summed E-state index contributed by atoms with van der Waals surface area (Å²) >= 11 is 0. The van der Waals surface area contributed by atoms with Crippen LogP contribution < -0.4 is 0 Å². The summed E-state index contributed by atoms with van der Waals surface area (Å²) in [5.74, 6) is 0.452. The van der Waals surface area contributed by atoms with Crippen molar-refractivity contribution in [3.63, 3.8) is 0 Å². The highest BCUT2D eigenvalue weighted by atomic mass is 28.3. The molecule has 1 amide bonds. The van der Waals surface area contributed by atoms with Crippen LogP contribution in [0.5, 0.6) is 0 Å². The van der Waals surface area contributed by atoms with Crippen LogP contribution in [0.4, 0.5) is 4.79 Å². The number of ether oxygens (including phenoxy) is 2. The van der Waals surface area contributed by atoms with Crippen LogP contribution in [0.15, 0.2) is 41.6 Å². The van der Waals surface area contributed by atoms with E-state index in [1.807, 2.05) is 23.1 Å². The molecule has 29 heavy (non-hydrogen) atoms. The lowest BCUT2D eigenvalue weighted by Gasteiger charge is -2.33. The van der Waals surface area contributed by atoms with Gasteiger partial charge in [-0.05, 0) is 37.7 Å². The molecule has 0 spiro atoms. The number of hydrogen-bond donors (Lipinski definition) is 0. The van der Waals surface area contributed by atoms with Crippen molar-refractivity contribution in [2.24, 2.45) is 5.92 Å². The van der Waals surface area contributed by atoms with Gasteiger partial charge < -0.3 is 14.4 Å². The molecule has 0 saturated carbocycles. The first-order chi connectivity index (χ1) is 13.7. The van der Waals surface area contributed by atoms with E-state index < -0.39 is 8.07 Å². The normalized spacial score (nSPS) is 25.8. The monoisotopic (exact) mass is 415 g/mol. The minimum atomic E-state index is -1.52. The fourth-order valence-corrected chi connectivity index (χ4v) is 6.18. The highest BCUT2D eigenvalue weighted by Gasteiger charge is 2.53. The van der Waals surface area contributed by atoms with Gasteiger partial charge in [-0.2, -0.15) is 0 Å². The Morgan fingerprint density at radius 1 is 1.34 bits per heavy atom.